The number of amides is 5. The van der Waals surface area contributed by atoms with Crippen molar-refractivity contribution in [3.05, 3.63) is 261 Å². The van der Waals surface area contributed by atoms with E-state index in [9.17, 15) is 73.6 Å². The third kappa shape index (κ3) is 29.2. The first kappa shape index (κ1) is 114. The minimum absolute atomic E-state index is 0. The molecule has 8 heterocycles. The molecule has 0 bridgehead atoms. The molecule has 8 aliphatic heterocycles. The average molecular weight is 2330 g/mol. The van der Waals surface area contributed by atoms with Crippen molar-refractivity contribution in [2.24, 2.45) is 16.0 Å². The van der Waals surface area contributed by atoms with Crippen molar-refractivity contribution in [3.63, 3.8) is 0 Å². The van der Waals surface area contributed by atoms with Gasteiger partial charge < -0.3 is 65.1 Å². The smallest absolute Gasteiger partial charge is 0.870 e. The number of carboxylic acids is 2. The summed E-state index contributed by atoms with van der Waals surface area (Å²) in [5.41, 5.74) is 0.736. The van der Waals surface area contributed by atoms with Crippen LogP contribution >= 0.6 is 162 Å². The Morgan fingerprint density at radius 3 is 1.44 bits per heavy atom. The number of nitroso groups, excluding NO2 is 1. The SMILES string of the molecule is CC(=O)O[C@@H]1C[C@H]2C(=O)O[C@H](C(C)(C)C)N2C1.CC(C)(C)[C@H]1OC(=O)[C@]2(Cc3ccc(Br)cc3)C[C@@H](OC(=O)CCc3ccc(Br)cc3)CN12.Cl.O=C(Nc1cc(Cl)cc(Cl)c1)N1C[C@H](O)C[C@@]1(Cc1ccc(Br)cc1)C(=O)O.O=C(O)[C@]1(Cc2ccc(Br)cc2)C[C@@H](O)CN1.O=C1N(c2cc(Cl)cc(Cl)c2)C(=O)[C@]2(Cc3ccc(Br)cc3)C[C@@H](O)CN12.O=Nc1cc(Cl)cc(Cl)c1.[Na+].[OH-]. The topological polar surface area (TPSA) is 391 Å². The fraction of sp³-hybridized carbons (Fsp3) is 0.394. The van der Waals surface area contributed by atoms with Gasteiger partial charge in [-0.2, -0.15) is 0 Å². The van der Waals surface area contributed by atoms with Gasteiger partial charge in [0, 0.05) is 173 Å². The molecule has 8 N–H and O–H groups in total. The monoisotopic (exact) mass is 2320 g/mol. The van der Waals surface area contributed by atoms with Crippen LogP contribution in [0.5, 0.6) is 0 Å². The molecule has 28 nitrogen and oxygen atoms in total. The molecule has 8 aliphatic rings. The zero-order valence-electron chi connectivity index (χ0n) is 74.3. The first-order valence-corrected chi connectivity index (χ1v) is 48.1. The van der Waals surface area contributed by atoms with E-state index in [0.29, 0.717) is 106 Å². The third-order valence-corrected chi connectivity index (χ3v) is 27.2. The van der Waals surface area contributed by atoms with Crippen LogP contribution in [-0.2, 0) is 84.6 Å². The van der Waals surface area contributed by atoms with E-state index in [4.69, 9.17) is 88.6 Å². The van der Waals surface area contributed by atoms with E-state index in [1.54, 1.807) is 30.3 Å². The number of cyclic esters (lactones) is 2. The molecule has 720 valence electrons. The molecule has 12 atom stereocenters. The zero-order valence-corrected chi connectivity index (χ0v) is 89.6. The number of benzene rings is 8. The largest absolute Gasteiger partial charge is 1.00 e. The van der Waals surface area contributed by atoms with Gasteiger partial charge in [-0.15, -0.1) is 17.3 Å². The molecule has 8 fully saturated rings. The number of carbonyl (C=O) groups is 9. The second-order valence-corrected chi connectivity index (χ2v) is 42.8. The molecule has 0 radical (unpaired) electrons. The Morgan fingerprint density at radius 2 is 0.985 bits per heavy atom. The summed E-state index contributed by atoms with van der Waals surface area (Å²) in [5, 5.41) is 59.6. The summed E-state index contributed by atoms with van der Waals surface area (Å²) in [4.78, 5) is 129. The molecule has 135 heavy (non-hydrogen) atoms. The molecule has 16 rings (SSSR count). The number of halogens is 12. The molecule has 0 unspecified atom stereocenters. The van der Waals surface area contributed by atoms with Crippen molar-refractivity contribution in [2.45, 2.75) is 190 Å². The van der Waals surface area contributed by atoms with E-state index in [1.807, 2.05) is 123 Å². The van der Waals surface area contributed by atoms with Gasteiger partial charge in [-0.05, 0) is 155 Å². The van der Waals surface area contributed by atoms with Crippen molar-refractivity contribution >= 4 is 233 Å². The number of carboxylic acid groups (broad SMARTS) is 2. The van der Waals surface area contributed by atoms with Crippen LogP contribution in [0.3, 0.4) is 0 Å². The van der Waals surface area contributed by atoms with E-state index in [1.165, 1.54) is 60.4 Å². The third-order valence-electron chi connectivity index (χ3n) is 23.3. The van der Waals surface area contributed by atoms with E-state index >= 15 is 0 Å². The number of imide groups is 1. The van der Waals surface area contributed by atoms with Gasteiger partial charge in [-0.25, -0.2) is 29.0 Å². The summed E-state index contributed by atoms with van der Waals surface area (Å²) < 4.78 is 27.1. The number of rotatable bonds is 18. The van der Waals surface area contributed by atoms with Gasteiger partial charge in [0.2, 0.25) is 0 Å². The fourth-order valence-electron chi connectivity index (χ4n) is 17.5. The number of nitrogens with zero attached hydrogens (tertiary/aromatic N) is 6. The number of hydrogen-bond acceptors (Lipinski definition) is 22. The first-order valence-electron chi connectivity index (χ1n) is 41.8. The number of fused-ring (bicyclic) bond motifs is 3. The maximum absolute atomic E-state index is 13.4. The second-order valence-electron chi connectivity index (χ2n) is 35.6. The maximum Gasteiger partial charge on any atom is 1.00 e. The van der Waals surface area contributed by atoms with Crippen LogP contribution in [0.4, 0.5) is 26.7 Å². The zero-order chi connectivity index (χ0) is 96.4. The van der Waals surface area contributed by atoms with E-state index < -0.39 is 64.5 Å². The Balaban J connectivity index is 0.000000205. The van der Waals surface area contributed by atoms with Gasteiger partial charge in [0.25, 0.3) is 5.91 Å². The van der Waals surface area contributed by atoms with Crippen molar-refractivity contribution in [2.75, 3.05) is 42.9 Å². The van der Waals surface area contributed by atoms with Crippen molar-refractivity contribution in [1.29, 1.82) is 0 Å². The number of aliphatic hydroxyl groups excluding tert-OH is 3. The van der Waals surface area contributed by atoms with Gasteiger partial charge in [-0.3, -0.25) is 34.2 Å². The van der Waals surface area contributed by atoms with Gasteiger partial charge in [-0.1, -0.05) is 251 Å². The predicted octanol–water partition coefficient (Wildman–Crippen LogP) is 17.1. The number of nitrogens with one attached hydrogen (secondary N) is 2. The molecule has 0 aromatic heterocycles. The van der Waals surface area contributed by atoms with Crippen LogP contribution in [0.1, 0.15) is 115 Å². The molecule has 41 heteroatoms. The summed E-state index contributed by atoms with van der Waals surface area (Å²) in [7, 11) is 0. The Hall–Kier alpha value is -6.46. The van der Waals surface area contributed by atoms with Crippen molar-refractivity contribution in [3.8, 4) is 0 Å². The number of urea groups is 2. The van der Waals surface area contributed by atoms with E-state index in [-0.39, 0.29) is 163 Å². The Kier molecular flexibility index (Phi) is 41.2. The van der Waals surface area contributed by atoms with E-state index in [0.717, 1.165) is 60.0 Å². The van der Waals surface area contributed by atoms with E-state index in [2.05, 4.69) is 121 Å². The molecule has 0 saturated carbocycles. The molecule has 8 saturated heterocycles. The Morgan fingerprint density at radius 1 is 0.533 bits per heavy atom. The Labute approximate surface area is 881 Å². The number of β-amino-alcohol motifs (C(OH)–C–C–N with tert-alkyl or cyclic N) is 3. The number of carbonyl (C=O) groups excluding carboxylic acids is 7. The maximum atomic E-state index is 13.4. The van der Waals surface area contributed by atoms with Crippen LogP contribution in [0.2, 0.25) is 30.1 Å². The minimum Gasteiger partial charge on any atom is -0.870 e. The number of aliphatic hydroxyl groups is 3. The number of aliphatic carboxylic acids is 2. The molecule has 0 aliphatic carbocycles. The van der Waals surface area contributed by atoms with Crippen molar-refractivity contribution in [1.82, 2.24) is 24.9 Å². The second kappa shape index (κ2) is 48.8. The minimum atomic E-state index is -1.57. The van der Waals surface area contributed by atoms with Crippen LogP contribution in [0.15, 0.2) is 203 Å². The normalized spacial score (nSPS) is 24.0. The van der Waals surface area contributed by atoms with Crippen molar-refractivity contribution < 1.29 is 123 Å². The van der Waals surface area contributed by atoms with Gasteiger partial charge in [0.05, 0.1) is 24.0 Å². The number of likely N-dealkylation sites (tertiary alicyclic amines) is 1. The van der Waals surface area contributed by atoms with Gasteiger partial charge >= 0.3 is 77.4 Å². The van der Waals surface area contributed by atoms with Crippen LogP contribution in [0.25, 0.3) is 0 Å². The molecule has 5 amide bonds. The summed E-state index contributed by atoms with van der Waals surface area (Å²) in [6.45, 7) is 15.1. The Bertz CT molecular complexity index is 5520. The first-order chi connectivity index (χ1) is 62.1. The van der Waals surface area contributed by atoms with Crippen LogP contribution in [-0.4, -0.2) is 208 Å². The number of ether oxygens (including phenoxy) is 4. The molecular formula is C94H99Br5Cl7N8NaO20. The average Bonchev–Trinajstić information content (AvgIpc) is 1.56. The summed E-state index contributed by atoms with van der Waals surface area (Å²) >= 11 is 52.1. The number of anilines is 2. The van der Waals surface area contributed by atoms with Gasteiger partial charge in [0.15, 0.2) is 12.5 Å². The number of esters is 4. The van der Waals surface area contributed by atoms with Crippen LogP contribution in [0, 0.1) is 15.7 Å². The quantitative estimate of drug-likeness (QED) is 0.0138. The molecule has 8 aromatic carbocycles. The number of aryl methyl sites for hydroxylation is 1. The standard InChI is InChI=1S/C26H29Br2NO4.C19H17BrCl2N2O4.C19H15BrCl2N2O3.C12H14BrNO3.C12H19NO4.C6H3Cl2NO.ClH.Na.H2O/c1-25(2,3)23-29-16-21(32-22(30)13-8-17-4-9-19(27)10-5-17)15-26(29,24(31)33-23)14-18-6-11-20(28)12-7-18;20-12-3-1-11(2-4-12)8-19(17(26)27)9-16(25)10-24(19)18(28)23-15-6-13(21)5-14(22)7-15;20-12-3-1-11(2-4-12)8-19-9-16(25)10-23(19)18(27)24(17(19)26)15-6-13(21)5-14(22)7-15;13-9-3-1-8(2-4-9)5-12(11(16)17)6-10(15)7-14-12;1-7(14)16-8-5-9-10(15)17-11(12(2,3)4)13(9)6-8;7-4-1-5(8)3-6(2-4)9-10;;;/h4-7,9-12,21,23H,8,13-16H2,1-3H3;1-7,16,25H,8-10H2,(H,23,28)(H,26,27);1-7,16,25H,8-10H2;1-4,10,14-15H,5-7H2,(H,16,17);8-9,11H,5-6H2,1-4H3;1-3H;1H;;1H2/q;;;;;;;+1;/p-1/t21-,23-,26+;2*16-,19+;10-,12+;8-,9+,11-;;;;/m11111..../s1. The summed E-state index contributed by atoms with van der Waals surface area (Å²) in [5.74, 6) is -3.40. The van der Waals surface area contributed by atoms with Crippen LogP contribution < -0.4 is 45.1 Å². The molecule has 8 aromatic rings. The number of hydrogen-bond donors (Lipinski definition) is 7. The fourth-order valence-corrected chi connectivity index (χ4v) is 20.4. The summed E-state index contributed by atoms with van der Waals surface area (Å²) in [6.07, 6.45) is 0.236. The predicted molar refractivity (Wildman–Crippen MR) is 530 cm³/mol. The van der Waals surface area contributed by atoms with Gasteiger partial charge in [0.1, 0.15) is 46.1 Å². The molecule has 0 spiro atoms. The molecular weight excluding hydrogens is 2230 g/mol. The summed E-state index contributed by atoms with van der Waals surface area (Å²) in [6, 6.07) is 50.5.